The van der Waals surface area contributed by atoms with Crippen molar-refractivity contribution in [3.05, 3.63) is 11.5 Å². The van der Waals surface area contributed by atoms with Gasteiger partial charge in [0.05, 0.1) is 17.2 Å². The zero-order chi connectivity index (χ0) is 14.8. The average Bonchev–Trinajstić information content (AvgIpc) is 2.74. The molecule has 8 heteroatoms. The first-order valence-electron chi connectivity index (χ1n) is 7.28. The van der Waals surface area contributed by atoms with Crippen molar-refractivity contribution in [3.63, 3.8) is 0 Å². The Bertz CT molecular complexity index is 581. The van der Waals surface area contributed by atoms with Crippen molar-refractivity contribution >= 4 is 11.8 Å². The van der Waals surface area contributed by atoms with Gasteiger partial charge in [-0.25, -0.2) is 10.4 Å². The van der Waals surface area contributed by atoms with Crippen LogP contribution >= 0.6 is 0 Å². The van der Waals surface area contributed by atoms with E-state index < -0.39 is 5.60 Å². The Morgan fingerprint density at radius 2 is 2.33 bits per heavy atom. The molecule has 1 fully saturated rings. The zero-order valence-corrected chi connectivity index (χ0v) is 12.1. The molecule has 0 spiro atoms. The highest BCUT2D eigenvalue weighted by atomic mass is 16.5. The summed E-state index contributed by atoms with van der Waals surface area (Å²) in [6.45, 7) is 4.42. The second-order valence-electron chi connectivity index (χ2n) is 6.39. The molecule has 21 heavy (non-hydrogen) atoms. The lowest BCUT2D eigenvalue weighted by Crippen LogP contribution is -2.58. The topological polar surface area (TPSA) is 108 Å². The van der Waals surface area contributed by atoms with Gasteiger partial charge in [-0.2, -0.15) is 4.99 Å². The molecule has 0 aromatic carbocycles. The Morgan fingerprint density at radius 3 is 3.14 bits per heavy atom. The van der Waals surface area contributed by atoms with Gasteiger partial charge in [0.15, 0.2) is 6.17 Å². The van der Waals surface area contributed by atoms with Crippen molar-refractivity contribution in [2.75, 3.05) is 6.54 Å². The summed E-state index contributed by atoms with van der Waals surface area (Å²) in [5.74, 6) is 1.67. The van der Waals surface area contributed by atoms with E-state index in [1.165, 1.54) is 0 Å². The summed E-state index contributed by atoms with van der Waals surface area (Å²) in [5.41, 5.74) is 12.0. The Hall–Kier alpha value is -1.80. The van der Waals surface area contributed by atoms with Gasteiger partial charge in [-0.05, 0) is 26.7 Å². The fourth-order valence-electron chi connectivity index (χ4n) is 3.52. The van der Waals surface area contributed by atoms with E-state index in [9.17, 15) is 5.11 Å². The maximum atomic E-state index is 10.4. The first kappa shape index (κ1) is 12.9. The van der Waals surface area contributed by atoms with Crippen LogP contribution in [0.15, 0.2) is 21.4 Å². The van der Waals surface area contributed by atoms with Crippen molar-refractivity contribution in [2.24, 2.45) is 15.7 Å². The molecule has 0 amide bonds. The molecule has 0 saturated carbocycles. The number of fused-ring (bicyclic) bond motifs is 2. The van der Waals surface area contributed by atoms with Crippen LogP contribution in [0, 0.1) is 0 Å². The normalized spacial score (nSPS) is 41.3. The van der Waals surface area contributed by atoms with Crippen molar-refractivity contribution < 1.29 is 9.84 Å². The first-order chi connectivity index (χ1) is 9.94. The van der Waals surface area contributed by atoms with Gasteiger partial charge in [0, 0.05) is 6.54 Å². The summed E-state index contributed by atoms with van der Waals surface area (Å²) < 4.78 is 6.04. The number of nitrogens with one attached hydrogen (secondary N) is 2. The number of hydrogen-bond acceptors (Lipinski definition) is 8. The van der Waals surface area contributed by atoms with Gasteiger partial charge in [0.1, 0.15) is 11.9 Å². The van der Waals surface area contributed by atoms with E-state index >= 15 is 0 Å². The molecule has 4 atom stereocenters. The minimum absolute atomic E-state index is 0.00817. The SMILES string of the molecule is C[C@@H]1OC2=C3C(=NC(N)=NC3NN2)N2C[C@@](C)(O)CCC12. The Labute approximate surface area is 122 Å². The van der Waals surface area contributed by atoms with E-state index in [0.29, 0.717) is 12.4 Å². The van der Waals surface area contributed by atoms with E-state index in [-0.39, 0.29) is 24.3 Å². The minimum atomic E-state index is -0.734. The van der Waals surface area contributed by atoms with Crippen molar-refractivity contribution in [3.8, 4) is 0 Å². The van der Waals surface area contributed by atoms with Crippen LogP contribution in [0.2, 0.25) is 0 Å². The molecule has 0 radical (unpaired) electrons. The number of amidine groups is 1. The van der Waals surface area contributed by atoms with Gasteiger partial charge in [-0.1, -0.05) is 0 Å². The lowest BCUT2D eigenvalue weighted by atomic mass is 9.87. The number of hydrazine groups is 1. The number of guanidine groups is 1. The predicted molar refractivity (Wildman–Crippen MR) is 77.0 cm³/mol. The van der Waals surface area contributed by atoms with E-state index in [2.05, 4.69) is 25.7 Å². The van der Waals surface area contributed by atoms with E-state index in [0.717, 1.165) is 24.3 Å². The third kappa shape index (κ3) is 1.90. The van der Waals surface area contributed by atoms with Crippen LogP contribution in [0.3, 0.4) is 0 Å². The molecule has 0 bridgehead atoms. The van der Waals surface area contributed by atoms with Gasteiger partial charge < -0.3 is 20.5 Å². The fraction of sp³-hybridized carbons (Fsp3) is 0.692. The van der Waals surface area contributed by atoms with Crippen molar-refractivity contribution in [1.29, 1.82) is 0 Å². The van der Waals surface area contributed by atoms with Crippen molar-refractivity contribution in [2.45, 2.75) is 50.6 Å². The summed E-state index contributed by atoms with van der Waals surface area (Å²) in [5, 5.41) is 10.4. The van der Waals surface area contributed by atoms with Gasteiger partial charge in [0.25, 0.3) is 0 Å². The molecule has 5 N–H and O–H groups in total. The van der Waals surface area contributed by atoms with Crippen LogP contribution in [0.5, 0.6) is 0 Å². The number of piperidine rings is 1. The minimum Gasteiger partial charge on any atom is -0.473 e. The van der Waals surface area contributed by atoms with Crippen LogP contribution in [0.1, 0.15) is 26.7 Å². The summed E-state index contributed by atoms with van der Waals surface area (Å²) in [4.78, 5) is 10.8. The second kappa shape index (κ2) is 4.11. The highest BCUT2D eigenvalue weighted by Gasteiger charge is 2.47. The maximum Gasteiger partial charge on any atom is 0.219 e. The molecule has 4 aliphatic heterocycles. The van der Waals surface area contributed by atoms with Crippen LogP contribution < -0.4 is 16.6 Å². The summed E-state index contributed by atoms with van der Waals surface area (Å²) in [7, 11) is 0. The smallest absolute Gasteiger partial charge is 0.219 e. The maximum absolute atomic E-state index is 10.4. The third-order valence-electron chi connectivity index (χ3n) is 4.57. The number of ether oxygens (including phenoxy) is 1. The molecule has 4 aliphatic rings. The molecule has 114 valence electrons. The lowest BCUT2D eigenvalue weighted by Gasteiger charge is -2.45. The Morgan fingerprint density at radius 1 is 1.52 bits per heavy atom. The molecule has 0 aromatic heterocycles. The molecule has 4 heterocycles. The molecule has 2 unspecified atom stereocenters. The van der Waals surface area contributed by atoms with E-state index in [1.54, 1.807) is 0 Å². The molecule has 0 aromatic rings. The second-order valence-corrected chi connectivity index (χ2v) is 6.39. The Kier molecular flexibility index (Phi) is 2.52. The summed E-state index contributed by atoms with van der Waals surface area (Å²) in [6, 6.07) is 0.169. The van der Waals surface area contributed by atoms with Crippen LogP contribution in [-0.4, -0.2) is 52.3 Å². The molecule has 0 aliphatic carbocycles. The molecule has 8 nitrogen and oxygen atoms in total. The zero-order valence-electron chi connectivity index (χ0n) is 12.1. The van der Waals surface area contributed by atoms with Gasteiger partial charge in [-0.15, -0.1) is 0 Å². The van der Waals surface area contributed by atoms with Gasteiger partial charge in [0.2, 0.25) is 11.8 Å². The number of nitrogens with two attached hydrogens (primary N) is 1. The number of rotatable bonds is 0. The average molecular weight is 292 g/mol. The van der Waals surface area contributed by atoms with Crippen LogP contribution in [-0.2, 0) is 4.74 Å². The number of nitrogens with zero attached hydrogens (tertiary/aromatic N) is 3. The van der Waals surface area contributed by atoms with Gasteiger partial charge >= 0.3 is 0 Å². The van der Waals surface area contributed by atoms with Crippen LogP contribution in [0.25, 0.3) is 0 Å². The fourth-order valence-corrected chi connectivity index (χ4v) is 3.52. The van der Waals surface area contributed by atoms with Crippen molar-refractivity contribution in [1.82, 2.24) is 15.8 Å². The monoisotopic (exact) mass is 292 g/mol. The molecule has 4 rings (SSSR count). The number of aliphatic hydroxyl groups is 1. The van der Waals surface area contributed by atoms with Crippen LogP contribution in [0.4, 0.5) is 0 Å². The standard InChI is InChI=1S/C13H20N6O2/c1-6-7-3-4-13(2,20)5-19(7)10-8-9(15-12(14)16-10)17-18-11(8)21-6/h6-7,9,17-18,20H,3-5H2,1-2H3,(H2,14,15)/t6-,7?,9?,13-/m0/s1. The number of aliphatic imine (C=N–C) groups is 2. The third-order valence-corrected chi connectivity index (χ3v) is 4.57. The summed E-state index contributed by atoms with van der Waals surface area (Å²) in [6.07, 6.45) is 1.30. The van der Waals surface area contributed by atoms with E-state index in [4.69, 9.17) is 10.5 Å². The number of hydrogen-bond donors (Lipinski definition) is 4. The Balaban J connectivity index is 1.82. The first-order valence-corrected chi connectivity index (χ1v) is 7.28. The lowest BCUT2D eigenvalue weighted by molar-refractivity contribution is -0.0429. The predicted octanol–water partition coefficient (Wildman–Crippen LogP) is -1.01. The largest absolute Gasteiger partial charge is 0.473 e. The molecule has 1 saturated heterocycles. The molecular weight excluding hydrogens is 272 g/mol. The summed E-state index contributed by atoms with van der Waals surface area (Å²) >= 11 is 0. The van der Waals surface area contributed by atoms with E-state index in [1.807, 2.05) is 13.8 Å². The highest BCUT2D eigenvalue weighted by molar-refractivity contribution is 6.09. The highest BCUT2D eigenvalue weighted by Crippen LogP contribution is 2.35. The quantitative estimate of drug-likeness (QED) is 0.456. The molecular formula is C13H20N6O2. The van der Waals surface area contributed by atoms with Gasteiger partial charge in [-0.3, -0.25) is 5.43 Å².